The van der Waals surface area contributed by atoms with Crippen LogP contribution in [0.25, 0.3) is 10.2 Å². The van der Waals surface area contributed by atoms with Crippen LogP contribution in [0.2, 0.25) is 0 Å². The van der Waals surface area contributed by atoms with E-state index in [4.69, 9.17) is 4.98 Å². The number of anilines is 1. The first-order valence-corrected chi connectivity index (χ1v) is 10.5. The first-order chi connectivity index (χ1) is 13.5. The lowest BCUT2D eigenvalue weighted by Crippen LogP contribution is -2.30. The lowest BCUT2D eigenvalue weighted by atomic mass is 10.1. The molecule has 0 saturated heterocycles. The van der Waals surface area contributed by atoms with Crippen molar-refractivity contribution in [3.63, 3.8) is 0 Å². The second-order valence-electron chi connectivity index (χ2n) is 6.66. The van der Waals surface area contributed by atoms with Gasteiger partial charge in [-0.05, 0) is 66.9 Å². The van der Waals surface area contributed by atoms with Gasteiger partial charge in [-0.3, -0.25) is 14.7 Å². The third-order valence-electron chi connectivity index (χ3n) is 4.60. The standard InChI is InChI=1S/C22H18BrN3OS/c1-14-9-19-20(10-15(14)2)28-22(25-19)26(13-16-5-4-8-24-12-16)21(27)17-6-3-7-18(23)11-17/h3-12H,13H2,1-2H3. The number of nitrogens with zero attached hydrogens (tertiary/aromatic N) is 3. The summed E-state index contributed by atoms with van der Waals surface area (Å²) in [5.41, 5.74) is 4.91. The molecule has 6 heteroatoms. The van der Waals surface area contributed by atoms with Crippen molar-refractivity contribution in [2.75, 3.05) is 4.90 Å². The number of thiazole rings is 1. The fourth-order valence-electron chi connectivity index (χ4n) is 2.96. The number of benzene rings is 2. The van der Waals surface area contributed by atoms with E-state index in [9.17, 15) is 4.79 Å². The van der Waals surface area contributed by atoms with Crippen LogP contribution in [0, 0.1) is 13.8 Å². The quantitative estimate of drug-likeness (QED) is 0.386. The van der Waals surface area contributed by atoms with E-state index in [0.29, 0.717) is 17.2 Å². The molecule has 4 aromatic rings. The summed E-state index contributed by atoms with van der Waals surface area (Å²) in [5, 5.41) is 0.689. The number of fused-ring (bicyclic) bond motifs is 1. The number of pyridine rings is 1. The Hall–Kier alpha value is -2.57. The highest BCUT2D eigenvalue weighted by atomic mass is 79.9. The predicted molar refractivity (Wildman–Crippen MR) is 118 cm³/mol. The minimum Gasteiger partial charge on any atom is -0.279 e. The molecule has 2 aromatic carbocycles. The smallest absolute Gasteiger partial charge is 0.260 e. The minimum absolute atomic E-state index is 0.0855. The molecule has 0 N–H and O–H groups in total. The summed E-state index contributed by atoms with van der Waals surface area (Å²) < 4.78 is 1.95. The molecule has 2 heterocycles. The Morgan fingerprint density at radius 1 is 1.11 bits per heavy atom. The van der Waals surface area contributed by atoms with Crippen molar-refractivity contribution in [1.29, 1.82) is 0 Å². The highest BCUT2D eigenvalue weighted by Crippen LogP contribution is 2.32. The largest absolute Gasteiger partial charge is 0.279 e. The van der Waals surface area contributed by atoms with Crippen molar-refractivity contribution >= 4 is 48.5 Å². The zero-order valence-corrected chi connectivity index (χ0v) is 17.9. The molecule has 4 nitrogen and oxygen atoms in total. The minimum atomic E-state index is -0.0855. The lowest BCUT2D eigenvalue weighted by molar-refractivity contribution is 0.0985. The number of rotatable bonds is 4. The van der Waals surface area contributed by atoms with Crippen molar-refractivity contribution in [1.82, 2.24) is 9.97 Å². The van der Waals surface area contributed by atoms with E-state index in [1.165, 1.54) is 22.5 Å². The fraction of sp³-hybridized carbons (Fsp3) is 0.136. The molecule has 2 aromatic heterocycles. The summed E-state index contributed by atoms with van der Waals surface area (Å²) >= 11 is 4.99. The molecule has 0 aliphatic carbocycles. The van der Waals surface area contributed by atoms with E-state index in [-0.39, 0.29) is 5.91 Å². The lowest BCUT2D eigenvalue weighted by Gasteiger charge is -2.20. The van der Waals surface area contributed by atoms with Gasteiger partial charge in [-0.1, -0.05) is 39.4 Å². The summed E-state index contributed by atoms with van der Waals surface area (Å²) in [6.45, 7) is 4.58. The van der Waals surface area contributed by atoms with Crippen molar-refractivity contribution < 1.29 is 4.79 Å². The molecule has 140 valence electrons. The van der Waals surface area contributed by atoms with Gasteiger partial charge in [0, 0.05) is 22.4 Å². The SMILES string of the molecule is Cc1cc2nc(N(Cc3cccnc3)C(=O)c3cccc(Br)c3)sc2cc1C. The number of carbonyl (C=O) groups is 1. The van der Waals surface area contributed by atoms with Crippen molar-refractivity contribution in [3.8, 4) is 0 Å². The molecule has 0 aliphatic heterocycles. The van der Waals surface area contributed by atoms with Crippen molar-refractivity contribution in [3.05, 3.63) is 87.7 Å². The molecule has 4 rings (SSSR count). The zero-order chi connectivity index (χ0) is 19.7. The Labute approximate surface area is 176 Å². The fourth-order valence-corrected chi connectivity index (χ4v) is 4.40. The molecule has 0 saturated carbocycles. The van der Waals surface area contributed by atoms with Gasteiger partial charge in [-0.25, -0.2) is 4.98 Å². The molecule has 0 fully saturated rings. The summed E-state index contributed by atoms with van der Waals surface area (Å²) in [6.07, 6.45) is 3.51. The molecular weight excluding hydrogens is 434 g/mol. The van der Waals surface area contributed by atoms with Crippen molar-refractivity contribution in [2.45, 2.75) is 20.4 Å². The highest BCUT2D eigenvalue weighted by molar-refractivity contribution is 9.10. The molecular formula is C22H18BrN3OS. The van der Waals surface area contributed by atoms with Crippen LogP contribution in [0.5, 0.6) is 0 Å². The second kappa shape index (κ2) is 7.81. The van der Waals surface area contributed by atoms with Gasteiger partial charge in [0.25, 0.3) is 5.91 Å². The van der Waals surface area contributed by atoms with Crippen LogP contribution in [0.3, 0.4) is 0 Å². The zero-order valence-electron chi connectivity index (χ0n) is 15.5. The van der Waals surface area contributed by atoms with Gasteiger partial charge in [-0.15, -0.1) is 0 Å². The molecule has 0 bridgehead atoms. The van der Waals surface area contributed by atoms with Gasteiger partial charge in [0.2, 0.25) is 0 Å². The first-order valence-electron chi connectivity index (χ1n) is 8.85. The Morgan fingerprint density at radius 3 is 2.68 bits per heavy atom. The first kappa shape index (κ1) is 18.8. The van der Waals surface area contributed by atoms with Crippen LogP contribution in [-0.4, -0.2) is 15.9 Å². The summed E-state index contributed by atoms with van der Waals surface area (Å²) in [7, 11) is 0. The number of halogens is 1. The van der Waals surface area contributed by atoms with Crippen LogP contribution >= 0.6 is 27.3 Å². The van der Waals surface area contributed by atoms with Crippen molar-refractivity contribution in [2.24, 2.45) is 0 Å². The second-order valence-corrected chi connectivity index (χ2v) is 8.59. The van der Waals surface area contributed by atoms with E-state index in [1.807, 2.05) is 36.4 Å². The molecule has 0 atom stereocenters. The highest BCUT2D eigenvalue weighted by Gasteiger charge is 2.22. The summed E-state index contributed by atoms with van der Waals surface area (Å²) in [6, 6.07) is 15.5. The number of aromatic nitrogens is 2. The normalized spacial score (nSPS) is 11.0. The molecule has 28 heavy (non-hydrogen) atoms. The van der Waals surface area contributed by atoms with Gasteiger partial charge in [0.15, 0.2) is 5.13 Å². The monoisotopic (exact) mass is 451 g/mol. The van der Waals surface area contributed by atoms with Crippen LogP contribution < -0.4 is 4.90 Å². The average Bonchev–Trinajstić information content (AvgIpc) is 3.09. The van der Waals surface area contributed by atoms with Gasteiger partial charge < -0.3 is 0 Å². The maximum Gasteiger partial charge on any atom is 0.260 e. The van der Waals surface area contributed by atoms with Crippen LogP contribution in [0.1, 0.15) is 27.0 Å². The Kier molecular flexibility index (Phi) is 5.24. The van der Waals surface area contributed by atoms with Gasteiger partial charge >= 0.3 is 0 Å². The number of carbonyl (C=O) groups excluding carboxylic acids is 1. The average molecular weight is 452 g/mol. The molecule has 0 radical (unpaired) electrons. The van der Waals surface area contributed by atoms with Crippen LogP contribution in [-0.2, 0) is 6.54 Å². The third-order valence-corrected chi connectivity index (χ3v) is 6.14. The van der Waals surface area contributed by atoms with Gasteiger partial charge in [0.05, 0.1) is 16.8 Å². The van der Waals surface area contributed by atoms with E-state index in [0.717, 1.165) is 20.3 Å². The maximum atomic E-state index is 13.4. The van der Waals surface area contributed by atoms with E-state index < -0.39 is 0 Å². The molecule has 0 unspecified atom stereocenters. The Morgan fingerprint density at radius 2 is 1.93 bits per heavy atom. The Balaban J connectivity index is 1.79. The predicted octanol–water partition coefficient (Wildman–Crippen LogP) is 5.92. The summed E-state index contributed by atoms with van der Waals surface area (Å²) in [4.78, 5) is 24.0. The van der Waals surface area contributed by atoms with Gasteiger partial charge in [0.1, 0.15) is 0 Å². The number of aryl methyl sites for hydroxylation is 2. The third kappa shape index (κ3) is 3.84. The van der Waals surface area contributed by atoms with Gasteiger partial charge in [-0.2, -0.15) is 0 Å². The number of hydrogen-bond acceptors (Lipinski definition) is 4. The topological polar surface area (TPSA) is 46.1 Å². The number of hydrogen-bond donors (Lipinski definition) is 0. The number of amides is 1. The van der Waals surface area contributed by atoms with E-state index in [1.54, 1.807) is 17.3 Å². The molecule has 0 spiro atoms. The maximum absolute atomic E-state index is 13.4. The molecule has 0 aliphatic rings. The Bertz CT molecular complexity index is 1120. The summed E-state index contributed by atoms with van der Waals surface area (Å²) in [5.74, 6) is -0.0855. The van der Waals surface area contributed by atoms with Crippen LogP contribution in [0.15, 0.2) is 65.4 Å². The van der Waals surface area contributed by atoms with E-state index >= 15 is 0 Å². The van der Waals surface area contributed by atoms with E-state index in [2.05, 4.69) is 46.9 Å². The van der Waals surface area contributed by atoms with Crippen LogP contribution in [0.4, 0.5) is 5.13 Å². The molecule has 1 amide bonds.